The molecule has 2 saturated heterocycles. The number of hydrogen-bond donors (Lipinski definition) is 0. The fourth-order valence-corrected chi connectivity index (χ4v) is 2.10. The predicted molar refractivity (Wildman–Crippen MR) is 58.6 cm³/mol. The zero-order chi connectivity index (χ0) is 13.1. The maximum Gasteiger partial charge on any atom is 0.327 e. The van der Waals surface area contributed by atoms with E-state index in [1.54, 1.807) is 9.80 Å². The molecule has 0 radical (unpaired) electrons. The first kappa shape index (κ1) is 12.8. The summed E-state index contributed by atoms with van der Waals surface area (Å²) in [6.07, 6.45) is 0.0189. The number of nitrogens with zero attached hydrogens (tertiary/aromatic N) is 2. The molecule has 0 saturated carbocycles. The van der Waals surface area contributed by atoms with E-state index in [1.165, 1.54) is 0 Å². The van der Waals surface area contributed by atoms with Crippen molar-refractivity contribution >= 4 is 23.5 Å². The van der Waals surface area contributed by atoms with Gasteiger partial charge in [-0.25, -0.2) is 0 Å². The second kappa shape index (κ2) is 5.36. The van der Waals surface area contributed by atoms with E-state index < -0.39 is 11.9 Å². The maximum absolute atomic E-state index is 11.2. The minimum absolute atomic E-state index is 0.0189. The van der Waals surface area contributed by atoms with Crippen molar-refractivity contribution in [2.24, 2.45) is 0 Å². The summed E-state index contributed by atoms with van der Waals surface area (Å²) in [4.78, 5) is 47.9. The van der Waals surface area contributed by atoms with E-state index in [-0.39, 0.29) is 44.2 Å². The highest BCUT2D eigenvalue weighted by molar-refractivity contribution is 6.03. The van der Waals surface area contributed by atoms with Crippen LogP contribution < -0.4 is 0 Å². The van der Waals surface area contributed by atoms with E-state index in [0.29, 0.717) is 13.1 Å². The van der Waals surface area contributed by atoms with Gasteiger partial charge in [0, 0.05) is 13.1 Å². The third-order valence-corrected chi connectivity index (χ3v) is 2.86. The molecule has 2 fully saturated rings. The molecule has 2 aliphatic rings. The van der Waals surface area contributed by atoms with Gasteiger partial charge in [0.15, 0.2) is 11.6 Å². The zero-order valence-electron chi connectivity index (χ0n) is 9.89. The number of morpholine rings is 1. The maximum atomic E-state index is 11.2. The molecule has 0 aliphatic carbocycles. The van der Waals surface area contributed by atoms with Gasteiger partial charge in [-0.2, -0.15) is 0 Å². The Morgan fingerprint density at radius 3 is 1.72 bits per heavy atom. The van der Waals surface area contributed by atoms with E-state index in [1.807, 2.05) is 0 Å². The van der Waals surface area contributed by atoms with Gasteiger partial charge in [0.25, 0.3) is 0 Å². The number of ketones is 2. The smallest absolute Gasteiger partial charge is 0.327 e. The van der Waals surface area contributed by atoms with E-state index in [9.17, 15) is 19.2 Å². The first-order chi connectivity index (χ1) is 8.52. The minimum atomic E-state index is -0.558. The lowest BCUT2D eigenvalue weighted by atomic mass is 10.1. The molecule has 0 amide bonds. The van der Waals surface area contributed by atoms with Crippen LogP contribution in [0.15, 0.2) is 0 Å². The molecule has 2 aliphatic heterocycles. The third kappa shape index (κ3) is 3.44. The summed E-state index contributed by atoms with van der Waals surface area (Å²) in [5, 5.41) is 0. The Morgan fingerprint density at radius 2 is 1.22 bits per heavy atom. The molecule has 2 rings (SSSR count). The van der Waals surface area contributed by atoms with E-state index >= 15 is 0 Å². The molecule has 0 spiro atoms. The summed E-state index contributed by atoms with van der Waals surface area (Å²) in [7, 11) is 0. The van der Waals surface area contributed by atoms with Crippen molar-refractivity contribution in [3.05, 3.63) is 0 Å². The van der Waals surface area contributed by atoms with Gasteiger partial charge in [0.1, 0.15) is 0 Å². The second-order valence-electron chi connectivity index (χ2n) is 4.52. The van der Waals surface area contributed by atoms with Crippen LogP contribution in [-0.4, -0.2) is 72.6 Å². The van der Waals surface area contributed by atoms with Gasteiger partial charge in [-0.05, 0) is 0 Å². The SMILES string of the molecule is O=C1CC(=O)CN(CCN2CC(=O)OC(=O)C2)C1. The van der Waals surface area contributed by atoms with Crippen LogP contribution in [0.4, 0.5) is 0 Å². The lowest BCUT2D eigenvalue weighted by Gasteiger charge is -2.29. The average molecular weight is 254 g/mol. The number of rotatable bonds is 3. The number of cyclic esters (lactones) is 2. The minimum Gasteiger partial charge on any atom is -0.391 e. The topological polar surface area (TPSA) is 84.0 Å². The standard InChI is InChI=1S/C11H14N2O5/c14-8-3-9(15)5-12(4-8)1-2-13-6-10(16)18-11(17)7-13/h1-7H2. The lowest BCUT2D eigenvalue weighted by molar-refractivity contribution is -0.167. The van der Waals surface area contributed by atoms with Crippen molar-refractivity contribution in [2.45, 2.75) is 6.42 Å². The van der Waals surface area contributed by atoms with Gasteiger partial charge < -0.3 is 4.74 Å². The van der Waals surface area contributed by atoms with Crippen molar-refractivity contribution in [1.29, 1.82) is 0 Å². The number of esters is 2. The normalized spacial score (nSPS) is 23.3. The number of carbonyl (C=O) groups is 4. The number of Topliss-reactive ketones (excluding diaryl/α,β-unsaturated/α-hetero) is 2. The van der Waals surface area contributed by atoms with Crippen LogP contribution in [0.1, 0.15) is 6.42 Å². The molecular weight excluding hydrogens is 240 g/mol. The first-order valence-electron chi connectivity index (χ1n) is 5.74. The fraction of sp³-hybridized carbons (Fsp3) is 0.636. The summed E-state index contributed by atoms with van der Waals surface area (Å²) in [6, 6.07) is 0. The molecule has 0 aromatic carbocycles. The molecule has 0 N–H and O–H groups in total. The van der Waals surface area contributed by atoms with Crippen LogP contribution in [0.2, 0.25) is 0 Å². The average Bonchev–Trinajstić information content (AvgIpc) is 2.23. The molecule has 7 heteroatoms. The Labute approximate surface area is 104 Å². The number of piperidine rings is 1. The summed E-state index contributed by atoms with van der Waals surface area (Å²) in [6.45, 7) is 1.61. The fourth-order valence-electron chi connectivity index (χ4n) is 2.10. The van der Waals surface area contributed by atoms with Crippen LogP contribution >= 0.6 is 0 Å². The quantitative estimate of drug-likeness (QED) is 0.434. The van der Waals surface area contributed by atoms with Crippen molar-refractivity contribution in [3.8, 4) is 0 Å². The van der Waals surface area contributed by atoms with Crippen molar-refractivity contribution in [3.63, 3.8) is 0 Å². The highest BCUT2D eigenvalue weighted by Gasteiger charge is 2.27. The van der Waals surface area contributed by atoms with Gasteiger partial charge in [0.05, 0.1) is 32.6 Å². The Bertz CT molecular complexity index is 336. The summed E-state index contributed by atoms with van der Waals surface area (Å²) < 4.78 is 4.40. The van der Waals surface area contributed by atoms with Crippen LogP contribution in [0, 0.1) is 0 Å². The molecule has 0 bridgehead atoms. The van der Waals surface area contributed by atoms with E-state index in [2.05, 4.69) is 4.74 Å². The zero-order valence-corrected chi connectivity index (χ0v) is 9.89. The highest BCUT2D eigenvalue weighted by atomic mass is 16.6. The van der Waals surface area contributed by atoms with Crippen molar-refractivity contribution in [1.82, 2.24) is 9.80 Å². The van der Waals surface area contributed by atoms with Gasteiger partial charge in [0.2, 0.25) is 0 Å². The molecule has 7 nitrogen and oxygen atoms in total. The largest absolute Gasteiger partial charge is 0.391 e. The molecular formula is C11H14N2O5. The van der Waals surface area contributed by atoms with Crippen LogP contribution in [0.3, 0.4) is 0 Å². The summed E-state index contributed by atoms with van der Waals surface area (Å²) in [5.41, 5.74) is 0. The van der Waals surface area contributed by atoms with E-state index in [4.69, 9.17) is 0 Å². The Morgan fingerprint density at radius 1 is 0.778 bits per heavy atom. The van der Waals surface area contributed by atoms with Crippen LogP contribution in [0.5, 0.6) is 0 Å². The third-order valence-electron chi connectivity index (χ3n) is 2.86. The molecule has 0 unspecified atom stereocenters. The van der Waals surface area contributed by atoms with Gasteiger partial charge in [-0.3, -0.25) is 29.0 Å². The van der Waals surface area contributed by atoms with Crippen LogP contribution in [-0.2, 0) is 23.9 Å². The van der Waals surface area contributed by atoms with Crippen molar-refractivity contribution in [2.75, 3.05) is 39.3 Å². The lowest BCUT2D eigenvalue weighted by Crippen LogP contribution is -2.48. The monoisotopic (exact) mass is 254 g/mol. The molecule has 98 valence electrons. The predicted octanol–water partition coefficient (Wildman–Crippen LogP) is -1.78. The second-order valence-corrected chi connectivity index (χ2v) is 4.52. The number of hydrogen-bond acceptors (Lipinski definition) is 7. The Balaban J connectivity index is 1.80. The van der Waals surface area contributed by atoms with E-state index in [0.717, 1.165) is 0 Å². The first-order valence-corrected chi connectivity index (χ1v) is 5.74. The number of ether oxygens (including phenoxy) is 1. The number of carbonyl (C=O) groups excluding carboxylic acids is 4. The van der Waals surface area contributed by atoms with Crippen molar-refractivity contribution < 1.29 is 23.9 Å². The number of likely N-dealkylation sites (tertiary alicyclic amines) is 1. The Hall–Kier alpha value is -1.60. The van der Waals surface area contributed by atoms with Gasteiger partial charge in [-0.15, -0.1) is 0 Å². The van der Waals surface area contributed by atoms with Gasteiger partial charge in [-0.1, -0.05) is 0 Å². The molecule has 0 aromatic heterocycles. The van der Waals surface area contributed by atoms with Gasteiger partial charge >= 0.3 is 11.9 Å². The summed E-state index contributed by atoms with van der Waals surface area (Å²) >= 11 is 0. The molecule has 0 atom stereocenters. The van der Waals surface area contributed by atoms with Crippen LogP contribution in [0.25, 0.3) is 0 Å². The Kier molecular flexibility index (Phi) is 3.83. The summed E-state index contributed by atoms with van der Waals surface area (Å²) in [5.74, 6) is -1.28. The molecule has 0 aromatic rings. The molecule has 18 heavy (non-hydrogen) atoms. The molecule has 2 heterocycles. The highest BCUT2D eigenvalue weighted by Crippen LogP contribution is 2.04.